The Morgan fingerprint density at radius 2 is 2.24 bits per heavy atom. The van der Waals surface area contributed by atoms with Crippen molar-refractivity contribution in [1.82, 2.24) is 15.1 Å². The topological polar surface area (TPSA) is 35.6 Å². The summed E-state index contributed by atoms with van der Waals surface area (Å²) in [5.74, 6) is 0.846. The van der Waals surface area contributed by atoms with E-state index in [4.69, 9.17) is 0 Å². The van der Waals surface area contributed by atoms with Crippen LogP contribution in [-0.2, 0) is 11.3 Å². The van der Waals surface area contributed by atoms with Crippen molar-refractivity contribution in [3.8, 4) is 0 Å². The van der Waals surface area contributed by atoms with Crippen LogP contribution in [0.25, 0.3) is 0 Å². The lowest BCUT2D eigenvalue weighted by atomic mass is 9.89. The summed E-state index contributed by atoms with van der Waals surface area (Å²) in [5, 5.41) is 3.37. The quantitative estimate of drug-likeness (QED) is 0.910. The lowest BCUT2D eigenvalue weighted by Gasteiger charge is -2.30. The fourth-order valence-electron chi connectivity index (χ4n) is 3.64. The molecule has 21 heavy (non-hydrogen) atoms. The first-order valence-electron chi connectivity index (χ1n) is 7.87. The van der Waals surface area contributed by atoms with Gasteiger partial charge < -0.3 is 15.1 Å². The molecule has 114 valence electrons. The summed E-state index contributed by atoms with van der Waals surface area (Å²) in [6.07, 6.45) is 1.20. The maximum absolute atomic E-state index is 12.8. The van der Waals surface area contributed by atoms with Gasteiger partial charge in [-0.2, -0.15) is 0 Å². The first kappa shape index (κ1) is 14.5. The first-order valence-corrected chi connectivity index (χ1v) is 7.87. The van der Waals surface area contributed by atoms with Gasteiger partial charge in [-0.15, -0.1) is 0 Å². The Morgan fingerprint density at radius 1 is 1.43 bits per heavy atom. The van der Waals surface area contributed by atoms with Gasteiger partial charge in [-0.1, -0.05) is 24.3 Å². The van der Waals surface area contributed by atoms with Gasteiger partial charge in [-0.05, 0) is 37.1 Å². The molecule has 0 bridgehead atoms. The summed E-state index contributed by atoms with van der Waals surface area (Å²) in [6, 6.07) is 8.31. The van der Waals surface area contributed by atoms with Crippen LogP contribution in [0.2, 0.25) is 0 Å². The van der Waals surface area contributed by atoms with E-state index in [2.05, 4.69) is 29.4 Å². The molecule has 1 aromatic rings. The Balaban J connectivity index is 1.68. The number of likely N-dealkylation sites (tertiary alicyclic amines) is 1. The molecule has 2 heterocycles. The molecule has 1 N–H and O–H groups in total. The van der Waals surface area contributed by atoms with E-state index in [-0.39, 0.29) is 11.8 Å². The highest BCUT2D eigenvalue weighted by Gasteiger charge is 2.30. The minimum Gasteiger partial charge on any atom is -0.345 e. The van der Waals surface area contributed by atoms with Crippen LogP contribution < -0.4 is 5.32 Å². The molecule has 0 aliphatic carbocycles. The smallest absolute Gasteiger partial charge is 0.231 e. The van der Waals surface area contributed by atoms with Crippen molar-refractivity contribution in [1.29, 1.82) is 0 Å². The van der Waals surface area contributed by atoms with Gasteiger partial charge in [0.05, 0.1) is 5.92 Å². The van der Waals surface area contributed by atoms with Crippen molar-refractivity contribution in [2.75, 3.05) is 40.3 Å². The molecule has 0 radical (unpaired) electrons. The van der Waals surface area contributed by atoms with E-state index < -0.39 is 0 Å². The van der Waals surface area contributed by atoms with Gasteiger partial charge in [0, 0.05) is 33.2 Å². The van der Waals surface area contributed by atoms with E-state index in [1.165, 1.54) is 17.5 Å². The Kier molecular flexibility index (Phi) is 4.27. The second-order valence-corrected chi connectivity index (χ2v) is 6.52. The molecule has 2 aliphatic rings. The Hall–Kier alpha value is -1.39. The third-order valence-electron chi connectivity index (χ3n) is 4.79. The maximum atomic E-state index is 12.8. The molecular formula is C17H25N3O. The predicted octanol–water partition coefficient (Wildman–Crippen LogP) is 1.28. The molecule has 3 rings (SSSR count). The van der Waals surface area contributed by atoms with Crippen molar-refractivity contribution in [3.63, 3.8) is 0 Å². The van der Waals surface area contributed by atoms with Crippen LogP contribution in [0.1, 0.15) is 23.5 Å². The van der Waals surface area contributed by atoms with Gasteiger partial charge in [-0.3, -0.25) is 4.79 Å². The number of fused-ring (bicyclic) bond motifs is 1. The van der Waals surface area contributed by atoms with Gasteiger partial charge in [0.1, 0.15) is 0 Å². The second-order valence-electron chi connectivity index (χ2n) is 6.52. The normalized spacial score (nSPS) is 25.6. The van der Waals surface area contributed by atoms with Gasteiger partial charge in [0.15, 0.2) is 0 Å². The van der Waals surface area contributed by atoms with Gasteiger partial charge >= 0.3 is 0 Å². The Bertz CT molecular complexity index is 517. The summed E-state index contributed by atoms with van der Waals surface area (Å²) in [4.78, 5) is 17.1. The zero-order chi connectivity index (χ0) is 14.8. The minimum atomic E-state index is -0.0286. The molecule has 1 aromatic carbocycles. The molecule has 0 aromatic heterocycles. The fourth-order valence-corrected chi connectivity index (χ4v) is 3.64. The molecule has 1 saturated heterocycles. The van der Waals surface area contributed by atoms with E-state index in [0.717, 1.165) is 32.7 Å². The Labute approximate surface area is 127 Å². The van der Waals surface area contributed by atoms with E-state index in [9.17, 15) is 4.79 Å². The van der Waals surface area contributed by atoms with Crippen LogP contribution in [0, 0.1) is 5.92 Å². The number of rotatable bonds is 3. The van der Waals surface area contributed by atoms with Gasteiger partial charge in [0.25, 0.3) is 0 Å². The molecule has 0 saturated carbocycles. The molecule has 0 spiro atoms. The minimum absolute atomic E-state index is 0.0286. The van der Waals surface area contributed by atoms with Crippen LogP contribution in [0.4, 0.5) is 0 Å². The lowest BCUT2D eigenvalue weighted by molar-refractivity contribution is -0.132. The van der Waals surface area contributed by atoms with Crippen molar-refractivity contribution < 1.29 is 4.79 Å². The number of amides is 1. The number of benzene rings is 1. The van der Waals surface area contributed by atoms with Crippen molar-refractivity contribution in [3.05, 3.63) is 35.4 Å². The van der Waals surface area contributed by atoms with E-state index in [1.54, 1.807) is 0 Å². The predicted molar refractivity (Wildman–Crippen MR) is 84.1 cm³/mol. The van der Waals surface area contributed by atoms with Crippen LogP contribution in [0.15, 0.2) is 24.3 Å². The number of hydrogen-bond acceptors (Lipinski definition) is 3. The summed E-state index contributed by atoms with van der Waals surface area (Å²) >= 11 is 0. The van der Waals surface area contributed by atoms with Crippen molar-refractivity contribution >= 4 is 5.91 Å². The SMILES string of the molecule is CN1CCC(CN(C)C(=O)C2CNCc3ccccc32)C1. The average Bonchev–Trinajstić information content (AvgIpc) is 2.91. The second kappa shape index (κ2) is 6.16. The van der Waals surface area contributed by atoms with Crippen molar-refractivity contribution in [2.45, 2.75) is 18.9 Å². The third kappa shape index (κ3) is 3.11. The highest BCUT2D eigenvalue weighted by atomic mass is 16.2. The summed E-state index contributed by atoms with van der Waals surface area (Å²) in [5.41, 5.74) is 2.47. The van der Waals surface area contributed by atoms with Crippen molar-refractivity contribution in [2.24, 2.45) is 5.92 Å². The largest absolute Gasteiger partial charge is 0.345 e. The number of nitrogens with one attached hydrogen (secondary N) is 1. The highest BCUT2D eigenvalue weighted by molar-refractivity contribution is 5.84. The van der Waals surface area contributed by atoms with Crippen LogP contribution >= 0.6 is 0 Å². The third-order valence-corrected chi connectivity index (χ3v) is 4.79. The first-order chi connectivity index (χ1) is 10.1. The molecule has 1 amide bonds. The molecular weight excluding hydrogens is 262 g/mol. The van der Waals surface area contributed by atoms with Crippen LogP contribution in [0.5, 0.6) is 0 Å². The zero-order valence-electron chi connectivity index (χ0n) is 13.0. The molecule has 2 aliphatic heterocycles. The lowest BCUT2D eigenvalue weighted by Crippen LogP contribution is -2.41. The molecule has 2 unspecified atom stereocenters. The van der Waals surface area contributed by atoms with Gasteiger partial charge in [0.2, 0.25) is 5.91 Å². The Morgan fingerprint density at radius 3 is 3.00 bits per heavy atom. The average molecular weight is 287 g/mol. The van der Waals surface area contributed by atoms with E-state index in [1.807, 2.05) is 24.1 Å². The fraction of sp³-hybridized carbons (Fsp3) is 0.588. The monoisotopic (exact) mass is 287 g/mol. The molecule has 4 nitrogen and oxygen atoms in total. The highest BCUT2D eigenvalue weighted by Crippen LogP contribution is 2.26. The standard InChI is InChI=1S/C17H25N3O/c1-19-8-7-13(11-19)12-20(2)17(21)16-10-18-9-14-5-3-4-6-15(14)16/h3-6,13,16,18H,7-12H2,1-2H3. The van der Waals surface area contributed by atoms with Crippen LogP contribution in [-0.4, -0.2) is 56.0 Å². The van der Waals surface area contributed by atoms with Crippen LogP contribution in [0.3, 0.4) is 0 Å². The summed E-state index contributed by atoms with van der Waals surface area (Å²) in [6.45, 7) is 4.77. The van der Waals surface area contributed by atoms with E-state index in [0.29, 0.717) is 5.92 Å². The summed E-state index contributed by atoms with van der Waals surface area (Å²) < 4.78 is 0. The number of carbonyl (C=O) groups excluding carboxylic acids is 1. The van der Waals surface area contributed by atoms with E-state index >= 15 is 0 Å². The maximum Gasteiger partial charge on any atom is 0.231 e. The number of hydrogen-bond donors (Lipinski definition) is 1. The zero-order valence-corrected chi connectivity index (χ0v) is 13.0. The number of nitrogens with zero attached hydrogens (tertiary/aromatic N) is 2. The molecule has 1 fully saturated rings. The molecule has 4 heteroatoms. The number of carbonyl (C=O) groups is 1. The number of likely N-dealkylation sites (N-methyl/N-ethyl adjacent to an activating group) is 1. The summed E-state index contributed by atoms with van der Waals surface area (Å²) in [7, 11) is 4.11. The van der Waals surface area contributed by atoms with Gasteiger partial charge in [-0.25, -0.2) is 0 Å². The molecule has 2 atom stereocenters.